The Morgan fingerprint density at radius 1 is 1.15 bits per heavy atom. The van der Waals surface area contributed by atoms with Gasteiger partial charge < -0.3 is 19.9 Å². The molecule has 1 aliphatic heterocycles. The highest BCUT2D eigenvalue weighted by atomic mass is 16.8. The van der Waals surface area contributed by atoms with Gasteiger partial charge in [-0.1, -0.05) is 5.06 Å². The number of hydroxylamine groups is 2. The van der Waals surface area contributed by atoms with E-state index in [1.54, 1.807) is 0 Å². The number of amides is 3. The summed E-state index contributed by atoms with van der Waals surface area (Å²) in [5.41, 5.74) is 0. The van der Waals surface area contributed by atoms with Crippen LogP contribution in [0.15, 0.2) is 0 Å². The maximum absolute atomic E-state index is 11.1. The Kier molecular flexibility index (Phi) is 6.23. The Morgan fingerprint density at radius 3 is 2.40 bits per heavy atom. The molecule has 0 aromatic rings. The molecule has 0 aromatic carbocycles. The summed E-state index contributed by atoms with van der Waals surface area (Å²) in [6.45, 7) is 0.102. The van der Waals surface area contributed by atoms with E-state index in [2.05, 4.69) is 14.9 Å². The summed E-state index contributed by atoms with van der Waals surface area (Å²) in [4.78, 5) is 47.9. The van der Waals surface area contributed by atoms with E-state index in [-0.39, 0.29) is 39.2 Å². The van der Waals surface area contributed by atoms with Gasteiger partial charge >= 0.3 is 12.2 Å². The normalized spacial score (nSPS) is 14.3. The Bertz CT molecular complexity index is 381. The number of imide groups is 1. The highest BCUT2D eigenvalue weighted by molar-refractivity contribution is 6.01. The smallest absolute Gasteiger partial charge is 0.465 e. The van der Waals surface area contributed by atoms with Gasteiger partial charge in [-0.25, -0.2) is 9.59 Å². The monoisotopic (exact) mass is 290 g/mol. The number of rotatable bonds is 7. The maximum Gasteiger partial charge on any atom is 0.534 e. The number of ether oxygens (including phenoxy) is 2. The van der Waals surface area contributed by atoms with Gasteiger partial charge in [0.05, 0.1) is 13.2 Å². The predicted molar refractivity (Wildman–Crippen MR) is 60.4 cm³/mol. The first-order chi connectivity index (χ1) is 9.50. The number of carboxylic acid groups (broad SMARTS) is 1. The van der Waals surface area contributed by atoms with Crippen molar-refractivity contribution in [1.29, 1.82) is 0 Å². The van der Waals surface area contributed by atoms with Crippen molar-refractivity contribution in [3.05, 3.63) is 0 Å². The number of hydrogen-bond acceptors (Lipinski definition) is 7. The van der Waals surface area contributed by atoms with Crippen molar-refractivity contribution < 1.29 is 38.6 Å². The minimum absolute atomic E-state index is 0.00576. The summed E-state index contributed by atoms with van der Waals surface area (Å²) in [7, 11) is 0. The second kappa shape index (κ2) is 7.94. The molecule has 1 heterocycles. The molecule has 2 N–H and O–H groups in total. The lowest BCUT2D eigenvalue weighted by molar-refractivity contribution is -0.177. The van der Waals surface area contributed by atoms with Crippen molar-refractivity contribution >= 4 is 24.1 Å². The summed E-state index contributed by atoms with van der Waals surface area (Å²) >= 11 is 0. The first kappa shape index (κ1) is 15.7. The molecule has 1 aliphatic rings. The third-order valence-electron chi connectivity index (χ3n) is 2.14. The van der Waals surface area contributed by atoms with Gasteiger partial charge in [0.2, 0.25) is 0 Å². The van der Waals surface area contributed by atoms with E-state index >= 15 is 0 Å². The molecule has 10 nitrogen and oxygen atoms in total. The summed E-state index contributed by atoms with van der Waals surface area (Å²) in [5.74, 6) is -1.19. The van der Waals surface area contributed by atoms with Crippen LogP contribution in [0, 0.1) is 0 Å². The zero-order chi connectivity index (χ0) is 15.0. The topological polar surface area (TPSA) is 131 Å². The van der Waals surface area contributed by atoms with Crippen molar-refractivity contribution in [2.45, 2.75) is 12.8 Å². The summed E-state index contributed by atoms with van der Waals surface area (Å²) < 4.78 is 9.50. The van der Waals surface area contributed by atoms with E-state index in [4.69, 9.17) is 9.84 Å². The fourth-order valence-electron chi connectivity index (χ4n) is 1.27. The SMILES string of the molecule is O=C(O)NCCOCCOC(=O)ON1C(=O)CCC1=O. The molecule has 0 unspecified atom stereocenters. The van der Waals surface area contributed by atoms with Crippen LogP contribution in [0.2, 0.25) is 0 Å². The third-order valence-corrected chi connectivity index (χ3v) is 2.14. The third kappa shape index (κ3) is 5.52. The average molecular weight is 290 g/mol. The van der Waals surface area contributed by atoms with Gasteiger partial charge in [-0.15, -0.1) is 0 Å². The number of hydrogen-bond donors (Lipinski definition) is 2. The van der Waals surface area contributed by atoms with Crippen molar-refractivity contribution in [2.75, 3.05) is 26.4 Å². The van der Waals surface area contributed by atoms with Crippen LogP contribution < -0.4 is 5.32 Å². The van der Waals surface area contributed by atoms with E-state index in [1.165, 1.54) is 0 Å². The standard InChI is InChI=1S/C10H14N2O8/c13-7-1-2-8(14)12(7)20-10(17)19-6-5-18-4-3-11-9(15)16/h11H,1-6H2,(H,15,16). The van der Waals surface area contributed by atoms with Crippen LogP contribution in [0.1, 0.15) is 12.8 Å². The van der Waals surface area contributed by atoms with Gasteiger partial charge in [-0.3, -0.25) is 14.4 Å². The van der Waals surface area contributed by atoms with Crippen molar-refractivity contribution in [3.8, 4) is 0 Å². The van der Waals surface area contributed by atoms with Crippen LogP contribution in [0.4, 0.5) is 9.59 Å². The molecular weight excluding hydrogens is 276 g/mol. The van der Waals surface area contributed by atoms with Gasteiger partial charge in [-0.2, -0.15) is 0 Å². The molecule has 3 amide bonds. The van der Waals surface area contributed by atoms with Crippen LogP contribution in [-0.2, 0) is 23.9 Å². The number of carbonyl (C=O) groups is 4. The van der Waals surface area contributed by atoms with Crippen LogP contribution in [0.25, 0.3) is 0 Å². The lowest BCUT2D eigenvalue weighted by Crippen LogP contribution is -2.32. The molecule has 0 radical (unpaired) electrons. The van der Waals surface area contributed by atoms with Gasteiger partial charge in [-0.05, 0) is 0 Å². The molecular formula is C10H14N2O8. The van der Waals surface area contributed by atoms with Crippen LogP contribution >= 0.6 is 0 Å². The molecule has 0 aromatic heterocycles. The molecule has 1 rings (SSSR count). The van der Waals surface area contributed by atoms with Crippen molar-refractivity contribution in [1.82, 2.24) is 10.4 Å². The molecule has 0 saturated carbocycles. The minimum atomic E-state index is -1.18. The Labute approximate surface area is 113 Å². The van der Waals surface area contributed by atoms with Gasteiger partial charge in [0.1, 0.15) is 6.61 Å². The van der Waals surface area contributed by atoms with E-state index in [1.807, 2.05) is 0 Å². The summed E-state index contributed by atoms with van der Waals surface area (Å²) in [6, 6.07) is 0. The second-order valence-electron chi connectivity index (χ2n) is 3.62. The fraction of sp³-hybridized carbons (Fsp3) is 0.600. The summed E-state index contributed by atoms with van der Waals surface area (Å²) in [6.07, 6.45) is -2.33. The largest absolute Gasteiger partial charge is 0.534 e. The lowest BCUT2D eigenvalue weighted by atomic mass is 10.4. The molecule has 20 heavy (non-hydrogen) atoms. The fourth-order valence-corrected chi connectivity index (χ4v) is 1.27. The highest BCUT2D eigenvalue weighted by Crippen LogP contribution is 2.12. The molecule has 1 saturated heterocycles. The van der Waals surface area contributed by atoms with Crippen LogP contribution in [0.3, 0.4) is 0 Å². The van der Waals surface area contributed by atoms with Crippen LogP contribution in [0.5, 0.6) is 0 Å². The molecule has 0 aliphatic carbocycles. The van der Waals surface area contributed by atoms with E-state index in [0.29, 0.717) is 5.06 Å². The molecule has 0 spiro atoms. The van der Waals surface area contributed by atoms with E-state index in [0.717, 1.165) is 0 Å². The second-order valence-corrected chi connectivity index (χ2v) is 3.62. The summed E-state index contributed by atoms with van der Waals surface area (Å²) in [5, 5.41) is 10.7. The van der Waals surface area contributed by atoms with Gasteiger partial charge in [0, 0.05) is 19.4 Å². The average Bonchev–Trinajstić information content (AvgIpc) is 2.69. The van der Waals surface area contributed by atoms with E-state index < -0.39 is 24.1 Å². The molecule has 112 valence electrons. The zero-order valence-corrected chi connectivity index (χ0v) is 10.5. The quantitative estimate of drug-likeness (QED) is 0.364. The molecule has 0 atom stereocenters. The van der Waals surface area contributed by atoms with E-state index in [9.17, 15) is 19.2 Å². The van der Waals surface area contributed by atoms with Crippen molar-refractivity contribution in [2.24, 2.45) is 0 Å². The predicted octanol–water partition coefficient (Wildman–Crippen LogP) is -0.512. The Morgan fingerprint density at radius 2 is 1.80 bits per heavy atom. The van der Waals surface area contributed by atoms with Gasteiger partial charge in [0.15, 0.2) is 0 Å². The lowest BCUT2D eigenvalue weighted by Gasteiger charge is -2.12. The first-order valence-corrected chi connectivity index (χ1v) is 5.75. The molecule has 0 bridgehead atoms. The number of nitrogens with zero attached hydrogens (tertiary/aromatic N) is 1. The molecule has 1 fully saturated rings. The Balaban J connectivity index is 2.04. The number of nitrogens with one attached hydrogen (secondary N) is 1. The van der Waals surface area contributed by atoms with Crippen LogP contribution in [-0.4, -0.2) is 60.6 Å². The molecule has 10 heteroatoms. The van der Waals surface area contributed by atoms with Gasteiger partial charge in [0.25, 0.3) is 11.8 Å². The highest BCUT2D eigenvalue weighted by Gasteiger charge is 2.33. The maximum atomic E-state index is 11.1. The van der Waals surface area contributed by atoms with Crippen molar-refractivity contribution in [3.63, 3.8) is 0 Å². The Hall–Kier alpha value is -2.36. The minimum Gasteiger partial charge on any atom is -0.465 e. The zero-order valence-electron chi connectivity index (χ0n) is 10.5. The number of carbonyl (C=O) groups excluding carboxylic acids is 3. The first-order valence-electron chi connectivity index (χ1n) is 5.75.